The summed E-state index contributed by atoms with van der Waals surface area (Å²) in [7, 11) is 0. The SMILES string of the molecule is CC1(C)CCC(O)(Cn2cccc2)CC1. The Morgan fingerprint density at radius 3 is 2.13 bits per heavy atom. The molecule has 2 rings (SSSR count). The second kappa shape index (κ2) is 3.67. The molecule has 1 aliphatic rings. The number of hydrogen-bond donors (Lipinski definition) is 1. The van der Waals surface area contributed by atoms with E-state index in [2.05, 4.69) is 18.4 Å². The van der Waals surface area contributed by atoms with Crippen molar-refractivity contribution in [2.45, 2.75) is 51.7 Å². The molecule has 0 aromatic carbocycles. The van der Waals surface area contributed by atoms with Crippen molar-refractivity contribution in [1.29, 1.82) is 0 Å². The summed E-state index contributed by atoms with van der Waals surface area (Å²) in [4.78, 5) is 0. The molecule has 1 aliphatic carbocycles. The zero-order valence-electron chi connectivity index (χ0n) is 9.74. The van der Waals surface area contributed by atoms with Gasteiger partial charge in [-0.15, -0.1) is 0 Å². The summed E-state index contributed by atoms with van der Waals surface area (Å²) in [5.74, 6) is 0. The molecule has 1 aromatic heterocycles. The molecule has 0 radical (unpaired) electrons. The third-order valence-corrected chi connectivity index (χ3v) is 3.68. The summed E-state index contributed by atoms with van der Waals surface area (Å²) < 4.78 is 2.08. The lowest BCUT2D eigenvalue weighted by Crippen LogP contribution is -2.40. The van der Waals surface area contributed by atoms with Gasteiger partial charge < -0.3 is 9.67 Å². The van der Waals surface area contributed by atoms with Crippen LogP contribution in [0.25, 0.3) is 0 Å². The molecule has 84 valence electrons. The predicted molar refractivity (Wildman–Crippen MR) is 61.6 cm³/mol. The van der Waals surface area contributed by atoms with Crippen molar-refractivity contribution in [2.24, 2.45) is 5.41 Å². The van der Waals surface area contributed by atoms with Gasteiger partial charge in [-0.1, -0.05) is 13.8 Å². The highest BCUT2D eigenvalue weighted by Gasteiger charge is 2.36. The van der Waals surface area contributed by atoms with Crippen LogP contribution in [0.1, 0.15) is 39.5 Å². The first-order valence-electron chi connectivity index (χ1n) is 5.82. The molecule has 0 spiro atoms. The number of aliphatic hydroxyl groups is 1. The fraction of sp³-hybridized carbons (Fsp3) is 0.692. The van der Waals surface area contributed by atoms with Crippen molar-refractivity contribution in [3.8, 4) is 0 Å². The first-order chi connectivity index (χ1) is 6.99. The van der Waals surface area contributed by atoms with Gasteiger partial charge in [0, 0.05) is 12.4 Å². The molecule has 0 bridgehead atoms. The molecule has 0 unspecified atom stereocenters. The van der Waals surface area contributed by atoms with E-state index >= 15 is 0 Å². The highest BCUT2D eigenvalue weighted by atomic mass is 16.3. The van der Waals surface area contributed by atoms with Crippen LogP contribution in [0.15, 0.2) is 24.5 Å². The number of rotatable bonds is 2. The lowest BCUT2D eigenvalue weighted by molar-refractivity contribution is -0.0384. The molecule has 1 aromatic rings. The van der Waals surface area contributed by atoms with Crippen LogP contribution in [0.5, 0.6) is 0 Å². The molecule has 1 fully saturated rings. The summed E-state index contributed by atoms with van der Waals surface area (Å²) in [5.41, 5.74) is -0.0581. The third-order valence-electron chi connectivity index (χ3n) is 3.68. The summed E-state index contributed by atoms with van der Waals surface area (Å²) in [5, 5.41) is 10.5. The third kappa shape index (κ3) is 2.63. The van der Waals surface area contributed by atoms with Crippen molar-refractivity contribution in [1.82, 2.24) is 4.57 Å². The average molecular weight is 207 g/mol. The quantitative estimate of drug-likeness (QED) is 0.792. The van der Waals surface area contributed by atoms with Crippen molar-refractivity contribution >= 4 is 0 Å². The van der Waals surface area contributed by atoms with E-state index in [4.69, 9.17) is 0 Å². The van der Waals surface area contributed by atoms with Gasteiger partial charge in [-0.2, -0.15) is 0 Å². The van der Waals surface area contributed by atoms with Crippen LogP contribution in [-0.2, 0) is 6.54 Å². The summed E-state index contributed by atoms with van der Waals surface area (Å²) in [6, 6.07) is 4.02. The van der Waals surface area contributed by atoms with Crippen LogP contribution < -0.4 is 0 Å². The van der Waals surface area contributed by atoms with Gasteiger partial charge in [0.2, 0.25) is 0 Å². The van der Waals surface area contributed by atoms with Gasteiger partial charge in [-0.05, 0) is 43.2 Å². The van der Waals surface area contributed by atoms with Gasteiger partial charge in [-0.25, -0.2) is 0 Å². The Labute approximate surface area is 91.9 Å². The van der Waals surface area contributed by atoms with E-state index in [1.165, 1.54) is 0 Å². The fourth-order valence-corrected chi connectivity index (χ4v) is 2.37. The first-order valence-corrected chi connectivity index (χ1v) is 5.82. The fourth-order valence-electron chi connectivity index (χ4n) is 2.37. The van der Waals surface area contributed by atoms with E-state index < -0.39 is 5.60 Å². The molecular formula is C13H21NO. The van der Waals surface area contributed by atoms with E-state index in [0.717, 1.165) is 32.2 Å². The van der Waals surface area contributed by atoms with Gasteiger partial charge in [0.1, 0.15) is 0 Å². The molecule has 2 nitrogen and oxygen atoms in total. The Morgan fingerprint density at radius 1 is 1.07 bits per heavy atom. The first kappa shape index (κ1) is 10.7. The zero-order valence-corrected chi connectivity index (χ0v) is 9.74. The monoisotopic (exact) mass is 207 g/mol. The molecule has 0 amide bonds. The van der Waals surface area contributed by atoms with Crippen molar-refractivity contribution in [3.05, 3.63) is 24.5 Å². The molecule has 0 saturated heterocycles. The van der Waals surface area contributed by atoms with E-state index in [-0.39, 0.29) is 0 Å². The van der Waals surface area contributed by atoms with E-state index in [0.29, 0.717) is 5.41 Å². The van der Waals surface area contributed by atoms with Crippen LogP contribution in [0.4, 0.5) is 0 Å². The van der Waals surface area contributed by atoms with E-state index in [1.54, 1.807) is 0 Å². The van der Waals surface area contributed by atoms with Crippen molar-refractivity contribution in [2.75, 3.05) is 0 Å². The molecule has 15 heavy (non-hydrogen) atoms. The predicted octanol–water partition coefficient (Wildman–Crippen LogP) is 2.82. The maximum absolute atomic E-state index is 10.5. The molecule has 1 heterocycles. The molecule has 1 saturated carbocycles. The minimum absolute atomic E-state index is 0.420. The maximum atomic E-state index is 10.5. The smallest absolute Gasteiger partial charge is 0.0826 e. The van der Waals surface area contributed by atoms with Crippen LogP contribution in [0.2, 0.25) is 0 Å². The Hall–Kier alpha value is -0.760. The molecule has 0 atom stereocenters. The topological polar surface area (TPSA) is 25.2 Å². The second-order valence-electron chi connectivity index (χ2n) is 5.74. The summed E-state index contributed by atoms with van der Waals surface area (Å²) in [6.45, 7) is 5.33. The van der Waals surface area contributed by atoms with Crippen LogP contribution in [0.3, 0.4) is 0 Å². The molecule has 1 N–H and O–H groups in total. The highest BCUT2D eigenvalue weighted by molar-refractivity contribution is 4.95. The highest BCUT2D eigenvalue weighted by Crippen LogP contribution is 2.40. The summed E-state index contributed by atoms with van der Waals surface area (Å²) in [6.07, 6.45) is 8.17. The lowest BCUT2D eigenvalue weighted by Gasteiger charge is -2.40. The Kier molecular flexibility index (Phi) is 2.63. The van der Waals surface area contributed by atoms with E-state index in [1.807, 2.05) is 24.5 Å². The van der Waals surface area contributed by atoms with Gasteiger partial charge in [0.05, 0.1) is 12.1 Å². The Balaban J connectivity index is 1.98. The number of aromatic nitrogens is 1. The lowest BCUT2D eigenvalue weighted by atomic mass is 9.71. The van der Waals surface area contributed by atoms with Gasteiger partial charge in [0.15, 0.2) is 0 Å². The van der Waals surface area contributed by atoms with Crippen LogP contribution in [-0.4, -0.2) is 15.3 Å². The molecular weight excluding hydrogens is 186 g/mol. The average Bonchev–Trinajstić information content (AvgIpc) is 2.64. The number of hydrogen-bond acceptors (Lipinski definition) is 1. The van der Waals surface area contributed by atoms with Crippen LogP contribution >= 0.6 is 0 Å². The van der Waals surface area contributed by atoms with Crippen molar-refractivity contribution < 1.29 is 5.11 Å². The largest absolute Gasteiger partial charge is 0.388 e. The van der Waals surface area contributed by atoms with E-state index in [9.17, 15) is 5.11 Å². The summed E-state index contributed by atoms with van der Waals surface area (Å²) >= 11 is 0. The minimum atomic E-state index is -0.478. The molecule has 2 heteroatoms. The standard InChI is InChI=1S/C13H21NO/c1-12(2)5-7-13(15,8-6-12)11-14-9-3-4-10-14/h3-4,9-10,15H,5-8,11H2,1-2H3. The molecule has 0 aliphatic heterocycles. The zero-order chi connectivity index (χ0) is 10.9. The second-order valence-corrected chi connectivity index (χ2v) is 5.74. The Morgan fingerprint density at radius 2 is 1.60 bits per heavy atom. The van der Waals surface area contributed by atoms with Gasteiger partial charge >= 0.3 is 0 Å². The van der Waals surface area contributed by atoms with Crippen molar-refractivity contribution in [3.63, 3.8) is 0 Å². The maximum Gasteiger partial charge on any atom is 0.0826 e. The van der Waals surface area contributed by atoms with Gasteiger partial charge in [0.25, 0.3) is 0 Å². The van der Waals surface area contributed by atoms with Gasteiger partial charge in [-0.3, -0.25) is 0 Å². The normalized spacial score (nSPS) is 23.9. The minimum Gasteiger partial charge on any atom is -0.388 e. The van der Waals surface area contributed by atoms with Crippen LogP contribution in [0, 0.1) is 5.41 Å². The number of nitrogens with zero attached hydrogens (tertiary/aromatic N) is 1. The Bertz CT molecular complexity index is 303.